The van der Waals surface area contributed by atoms with Crippen molar-refractivity contribution in [3.63, 3.8) is 0 Å². The van der Waals surface area contributed by atoms with Crippen LogP contribution in [-0.4, -0.2) is 57.6 Å². The third-order valence-electron chi connectivity index (χ3n) is 5.67. The van der Waals surface area contributed by atoms with Crippen LogP contribution in [0.3, 0.4) is 0 Å². The number of amides is 2. The van der Waals surface area contributed by atoms with E-state index in [0.29, 0.717) is 12.8 Å². The largest absolute Gasteiger partial charge is 1.00 e. The topological polar surface area (TPSA) is 288 Å². The standard InChI is InChI=1S/C20H31N2O13Si.7Na/c1-3-5-7-21-15(25)13(11(16(26)27)10-12(23)24)14(17(28)29)20(4-2,19(31)32)18(30)22-8-6-9-36(33,34)35;;;;;;;/h11,13-14H,3-10H2,1-2H3,(H,21,25)(H,22,30)(H,23,24)(H,26,27)(H,28,29)(H,31,32);;;;;;;/q-3;7*+1/p-4/t11-,13?,14+,20-;;;;;;;/m0......./s1. The maximum atomic E-state index is 12.9. The molecule has 0 saturated heterocycles. The molecule has 0 spiro atoms. The summed E-state index contributed by atoms with van der Waals surface area (Å²) in [5.74, 6) is -19.7. The van der Waals surface area contributed by atoms with Crippen molar-refractivity contribution in [1.29, 1.82) is 0 Å². The zero-order valence-electron chi connectivity index (χ0n) is 26.7. The third kappa shape index (κ3) is 23.1. The summed E-state index contributed by atoms with van der Waals surface area (Å²) < 4.78 is 0. The molecule has 0 aliphatic rings. The van der Waals surface area contributed by atoms with Gasteiger partial charge in [-0.3, -0.25) is 18.4 Å². The fraction of sp³-hybridized carbons (Fsp3) is 0.700. The molecule has 0 fully saturated rings. The summed E-state index contributed by atoms with van der Waals surface area (Å²) in [6.45, 7) is 1.99. The Morgan fingerprint density at radius 1 is 0.721 bits per heavy atom. The van der Waals surface area contributed by atoms with Crippen molar-refractivity contribution in [3.8, 4) is 0 Å². The summed E-state index contributed by atoms with van der Waals surface area (Å²) in [4.78, 5) is 105. The number of carbonyl (C=O) groups is 6. The van der Waals surface area contributed by atoms with Gasteiger partial charge in [0.1, 0.15) is 0 Å². The van der Waals surface area contributed by atoms with Crippen molar-refractivity contribution in [1.82, 2.24) is 10.6 Å². The van der Waals surface area contributed by atoms with Crippen LogP contribution in [0.1, 0.15) is 46.0 Å². The van der Waals surface area contributed by atoms with E-state index >= 15 is 0 Å². The van der Waals surface area contributed by atoms with Gasteiger partial charge in [-0.25, -0.2) is 0 Å². The molecular formula is C20H27N2Na7O13Si. The molecule has 0 aromatic heterocycles. The Balaban J connectivity index is -0.000000292. The molecule has 1 unspecified atom stereocenters. The van der Waals surface area contributed by atoms with Gasteiger partial charge in [0.2, 0.25) is 11.8 Å². The van der Waals surface area contributed by atoms with E-state index < -0.39 is 99.5 Å². The van der Waals surface area contributed by atoms with Gasteiger partial charge in [-0.05, 0) is 25.7 Å². The molecule has 0 rings (SSSR count). The third-order valence-corrected chi connectivity index (χ3v) is 6.64. The molecule has 2 N–H and O–H groups in total. The Morgan fingerprint density at radius 3 is 1.51 bits per heavy atom. The number of nitrogens with one attached hydrogen (secondary N) is 2. The Bertz CT molecular complexity index is 856. The predicted octanol–water partition coefficient (Wildman–Crippen LogP) is -29.9. The summed E-state index contributed by atoms with van der Waals surface area (Å²) in [7, 11) is -5.26. The summed E-state index contributed by atoms with van der Waals surface area (Å²) in [6, 6.07) is -0.900. The first-order valence-corrected chi connectivity index (χ1v) is 13.0. The zero-order valence-corrected chi connectivity index (χ0v) is 41.7. The number of carboxylic acids is 4. The van der Waals surface area contributed by atoms with E-state index in [2.05, 4.69) is 5.32 Å². The molecule has 43 heavy (non-hydrogen) atoms. The summed E-state index contributed by atoms with van der Waals surface area (Å²) in [5.41, 5.74) is -3.17. The first-order chi connectivity index (χ1) is 16.6. The summed E-state index contributed by atoms with van der Waals surface area (Å²) >= 11 is 0. The molecule has 15 nitrogen and oxygen atoms in total. The van der Waals surface area contributed by atoms with E-state index in [1.54, 1.807) is 6.92 Å². The van der Waals surface area contributed by atoms with Crippen LogP contribution in [0.4, 0.5) is 0 Å². The number of aliphatic carboxylic acids is 4. The van der Waals surface area contributed by atoms with Gasteiger partial charge in [-0.2, -0.15) is 0 Å². The predicted molar refractivity (Wildman–Crippen MR) is 104 cm³/mol. The maximum Gasteiger partial charge on any atom is 1.00 e. The van der Waals surface area contributed by atoms with Crippen LogP contribution in [0.2, 0.25) is 6.04 Å². The van der Waals surface area contributed by atoms with Gasteiger partial charge in [-0.1, -0.05) is 20.3 Å². The van der Waals surface area contributed by atoms with Gasteiger partial charge in [0, 0.05) is 42.8 Å². The van der Waals surface area contributed by atoms with Crippen molar-refractivity contribution in [2.75, 3.05) is 13.1 Å². The molecule has 206 valence electrons. The smallest absolute Gasteiger partial charge is 0.881 e. The molecular weight excluding hydrogens is 665 g/mol. The monoisotopic (exact) mass is 692 g/mol. The van der Waals surface area contributed by atoms with E-state index in [0.717, 1.165) is 6.92 Å². The van der Waals surface area contributed by atoms with Crippen LogP contribution in [0.5, 0.6) is 0 Å². The molecule has 0 aliphatic carbocycles. The number of carboxylic acid groups (broad SMARTS) is 4. The van der Waals surface area contributed by atoms with E-state index in [-0.39, 0.29) is 213 Å². The maximum absolute atomic E-state index is 12.9. The SMILES string of the molecule is CCCCNC(=O)C([C@H](CC(=O)[O-])C(=O)[O-])[C@H](C(=O)[O-])[C@](CC)(C(=O)[O-])C(=O)NCCC[Si]([O-])([O-])[O-].[Na+].[Na+].[Na+].[Na+].[Na+].[Na+].[Na+]. The molecule has 23 heteroatoms. The molecule has 0 bridgehead atoms. The number of hydrogen-bond acceptors (Lipinski definition) is 13. The minimum absolute atomic E-state index is 0. The Morgan fingerprint density at radius 2 is 1.19 bits per heavy atom. The van der Waals surface area contributed by atoms with Gasteiger partial charge in [0.15, 0.2) is 0 Å². The molecule has 0 saturated carbocycles. The molecule has 0 radical (unpaired) electrons. The van der Waals surface area contributed by atoms with Crippen LogP contribution in [0, 0.1) is 23.2 Å². The van der Waals surface area contributed by atoms with E-state index in [1.807, 2.05) is 5.32 Å². The molecule has 0 aromatic rings. The van der Waals surface area contributed by atoms with Crippen LogP contribution >= 0.6 is 0 Å². The van der Waals surface area contributed by atoms with Crippen molar-refractivity contribution in [3.05, 3.63) is 0 Å². The molecule has 0 aliphatic heterocycles. The number of unbranched alkanes of at least 4 members (excludes halogenated alkanes) is 1. The van der Waals surface area contributed by atoms with Crippen molar-refractivity contribution >= 4 is 44.5 Å². The molecule has 0 aromatic carbocycles. The quantitative estimate of drug-likeness (QED) is 0.0767. The fourth-order valence-electron chi connectivity index (χ4n) is 3.81. The second-order valence-corrected chi connectivity index (χ2v) is 9.99. The first-order valence-electron chi connectivity index (χ1n) is 11.1. The average Bonchev–Trinajstić information content (AvgIpc) is 2.74. The van der Waals surface area contributed by atoms with Crippen LogP contribution in [-0.2, 0) is 28.8 Å². The Labute approximate surface area is 406 Å². The van der Waals surface area contributed by atoms with E-state index in [9.17, 15) is 63.6 Å². The summed E-state index contributed by atoms with van der Waals surface area (Å²) in [6.07, 6.45) is -1.97. The van der Waals surface area contributed by atoms with Gasteiger partial charge in [0.25, 0.3) is 0 Å². The Hall–Kier alpha value is 3.92. The normalized spacial score (nSPS) is 13.0. The Kier molecular flexibility index (Phi) is 50.2. The van der Waals surface area contributed by atoms with E-state index in [4.69, 9.17) is 0 Å². The van der Waals surface area contributed by atoms with Gasteiger partial charge >= 0.3 is 207 Å². The number of rotatable bonds is 18. The fourth-order valence-corrected chi connectivity index (χ4v) is 4.42. The van der Waals surface area contributed by atoms with E-state index in [1.165, 1.54) is 0 Å². The van der Waals surface area contributed by atoms with Gasteiger partial charge < -0.3 is 64.6 Å². The van der Waals surface area contributed by atoms with Gasteiger partial charge in [-0.15, -0.1) is 6.04 Å². The van der Waals surface area contributed by atoms with Crippen LogP contribution in [0.25, 0.3) is 0 Å². The van der Waals surface area contributed by atoms with Crippen LogP contribution in [0.15, 0.2) is 0 Å². The second-order valence-electron chi connectivity index (χ2n) is 8.12. The van der Waals surface area contributed by atoms with Crippen molar-refractivity contribution < 1.29 is 270 Å². The summed E-state index contributed by atoms with van der Waals surface area (Å²) in [5, 5.41) is 51.5. The number of hydrogen-bond donors (Lipinski definition) is 2. The van der Waals surface area contributed by atoms with Gasteiger partial charge in [0.05, 0.1) is 17.3 Å². The molecule has 2 amide bonds. The molecule has 0 heterocycles. The second kappa shape index (κ2) is 33.1. The number of carbonyl (C=O) groups excluding carboxylic acids is 6. The molecule has 4 atom stereocenters. The van der Waals surface area contributed by atoms with Crippen molar-refractivity contribution in [2.24, 2.45) is 23.2 Å². The first kappa shape index (κ1) is 65.3. The minimum atomic E-state index is -5.26. The zero-order chi connectivity index (χ0) is 28.3. The average molecular weight is 692 g/mol. The van der Waals surface area contributed by atoms with Crippen LogP contribution < -0.4 is 252 Å². The minimum Gasteiger partial charge on any atom is -0.881 e. The van der Waals surface area contributed by atoms with Crippen molar-refractivity contribution in [2.45, 2.75) is 52.0 Å².